The Labute approximate surface area is 133 Å². The molecule has 0 fully saturated rings. The van der Waals surface area contributed by atoms with E-state index in [0.717, 1.165) is 0 Å². The molecule has 98 valence electrons. The van der Waals surface area contributed by atoms with Gasteiger partial charge < -0.3 is 1.43 Å². The van der Waals surface area contributed by atoms with Crippen molar-refractivity contribution < 1.29 is 58.1 Å². The second-order valence-corrected chi connectivity index (χ2v) is 4.41. The van der Waals surface area contributed by atoms with Crippen molar-refractivity contribution in [2.45, 2.75) is 6.92 Å². The van der Waals surface area contributed by atoms with Crippen LogP contribution in [0.15, 0.2) is 35.9 Å². The number of carbonyl (C=O) groups is 2. The van der Waals surface area contributed by atoms with Crippen molar-refractivity contribution in [2.24, 2.45) is 0 Å². The average molecular weight is 294 g/mol. The first-order valence-corrected chi connectivity index (χ1v) is 6.16. The normalized spacial score (nSPS) is 13.5. The van der Waals surface area contributed by atoms with Gasteiger partial charge in [0.15, 0.2) is 11.6 Å². The van der Waals surface area contributed by atoms with Crippen LogP contribution in [0.25, 0.3) is 0 Å². The molecule has 0 bridgehead atoms. The maximum Gasteiger partial charge on any atom is 1.00 e. The third-order valence-electron chi connectivity index (χ3n) is 2.14. The van der Waals surface area contributed by atoms with E-state index in [4.69, 9.17) is 17.5 Å². The van der Waals surface area contributed by atoms with E-state index in [-0.39, 0.29) is 42.6 Å². The van der Waals surface area contributed by atoms with E-state index in [1.807, 2.05) is 0 Å². The zero-order valence-corrected chi connectivity index (χ0v) is 13.1. The Morgan fingerprint density at radius 3 is 1.95 bits per heavy atom. The molecule has 0 spiro atoms. The molecule has 0 radical (unpaired) electrons. The molecule has 0 aliphatic heterocycles. The van der Waals surface area contributed by atoms with E-state index in [0.29, 0.717) is 16.7 Å². The number of fused-ring (bicyclic) bond motifs is 1. The first-order valence-electron chi connectivity index (χ1n) is 4.76. The summed E-state index contributed by atoms with van der Waals surface area (Å²) in [6, 6.07) is 6.89. The first kappa shape index (κ1) is 18.2. The van der Waals surface area contributed by atoms with Gasteiger partial charge in [0.05, 0.1) is 0 Å². The summed E-state index contributed by atoms with van der Waals surface area (Å²) in [4.78, 5) is 23.0. The van der Waals surface area contributed by atoms with Crippen LogP contribution in [0.4, 0.5) is 0 Å². The Bertz CT molecular complexity index is 630. The van der Waals surface area contributed by atoms with Crippen LogP contribution in [0.5, 0.6) is 0 Å². The van der Waals surface area contributed by atoms with Gasteiger partial charge in [-0.05, 0) is 13.0 Å². The summed E-state index contributed by atoms with van der Waals surface area (Å²) in [6.07, 6.45) is 1.39. The predicted molar refractivity (Wildman–Crippen MR) is 64.1 cm³/mol. The zero-order valence-electron chi connectivity index (χ0n) is 11.3. The molecule has 0 aromatic heterocycles. The number of hydrogen-bond acceptors (Lipinski definition) is 4. The summed E-state index contributed by atoms with van der Waals surface area (Å²) in [5, 5.41) is 0. The molecule has 6 nitrogen and oxygen atoms in total. The molecule has 0 saturated carbocycles. The number of Topliss-reactive ketones (excluding diaryl/α,β-unsaturated/α-hetero) is 1. The second-order valence-electron chi connectivity index (χ2n) is 3.51. The van der Waals surface area contributed by atoms with Crippen molar-refractivity contribution in [3.8, 4) is 0 Å². The largest absolute Gasteiger partial charge is 1.00 e. The quantitative estimate of drug-likeness (QED) is 0.444. The van der Waals surface area contributed by atoms with E-state index in [2.05, 4.69) is 0 Å². The smallest absolute Gasteiger partial charge is 1.00 e. The molecule has 1 aromatic rings. The van der Waals surface area contributed by atoms with Gasteiger partial charge in [0.25, 0.3) is 0 Å². The van der Waals surface area contributed by atoms with Gasteiger partial charge in [0, 0.05) is 16.7 Å². The molecule has 8 heteroatoms. The Hall–Kier alpha value is -0.830. The number of rotatable bonds is 0. The van der Waals surface area contributed by atoms with Crippen LogP contribution >= 0.6 is 0 Å². The summed E-state index contributed by atoms with van der Waals surface area (Å²) >= 11 is 0. The standard InChI is InChI=1S/C11H8O2.Na.H2O4S.H/c1-7-6-10(12)8-4-2-3-5-9(8)11(7)13;;1-5(2,3)4;/h2-6H,1H3;;(H2,1,2,3,4);/q;+1;;-1. The van der Waals surface area contributed by atoms with E-state index in [1.165, 1.54) is 6.08 Å². The minimum Gasteiger partial charge on any atom is -1.00 e. The van der Waals surface area contributed by atoms with Gasteiger partial charge in [-0.25, -0.2) is 0 Å². The number of ketones is 2. The van der Waals surface area contributed by atoms with Crippen LogP contribution in [0.2, 0.25) is 0 Å². The zero-order chi connectivity index (χ0) is 13.9. The van der Waals surface area contributed by atoms with E-state index in [1.54, 1.807) is 31.2 Å². The van der Waals surface area contributed by atoms with Crippen molar-refractivity contribution >= 4 is 22.0 Å². The van der Waals surface area contributed by atoms with Crippen molar-refractivity contribution in [2.75, 3.05) is 0 Å². The number of benzene rings is 1. The SMILES string of the molecule is CC1=CC(=O)c2ccccc2C1=O.O=S(=O)(O)O.[H-].[Na+]. The minimum absolute atomic E-state index is 0. The Morgan fingerprint density at radius 2 is 1.47 bits per heavy atom. The summed E-state index contributed by atoms with van der Waals surface area (Å²) < 4.78 is 31.6. The third kappa shape index (κ3) is 5.77. The molecule has 1 aromatic carbocycles. The number of hydrogen-bond donors (Lipinski definition) is 2. The van der Waals surface area contributed by atoms with Crippen molar-refractivity contribution in [3.05, 3.63) is 47.0 Å². The van der Waals surface area contributed by atoms with Gasteiger partial charge in [-0.2, -0.15) is 8.42 Å². The molecular formula is C11H11NaO6S. The third-order valence-corrected chi connectivity index (χ3v) is 2.14. The molecule has 0 atom stereocenters. The summed E-state index contributed by atoms with van der Waals surface area (Å²) in [5.74, 6) is -0.122. The van der Waals surface area contributed by atoms with E-state index in [9.17, 15) is 9.59 Å². The molecular weight excluding hydrogens is 283 g/mol. The Kier molecular flexibility index (Phi) is 6.78. The summed E-state index contributed by atoms with van der Waals surface area (Å²) in [7, 11) is -4.67. The predicted octanol–water partition coefficient (Wildman–Crippen LogP) is -1.52. The van der Waals surface area contributed by atoms with Crippen LogP contribution in [0.1, 0.15) is 29.1 Å². The van der Waals surface area contributed by atoms with Gasteiger partial charge in [-0.1, -0.05) is 24.3 Å². The summed E-state index contributed by atoms with van der Waals surface area (Å²) in [6.45, 7) is 1.66. The van der Waals surface area contributed by atoms with Crippen LogP contribution in [-0.2, 0) is 10.4 Å². The maximum atomic E-state index is 11.5. The molecule has 1 aliphatic rings. The minimum atomic E-state index is -4.67. The molecule has 0 amide bonds. The molecule has 0 heterocycles. The molecule has 2 N–H and O–H groups in total. The van der Waals surface area contributed by atoms with Crippen LogP contribution in [-0.4, -0.2) is 29.1 Å². The number of allylic oxidation sites excluding steroid dienone is 2. The van der Waals surface area contributed by atoms with Crippen molar-refractivity contribution in [3.63, 3.8) is 0 Å². The van der Waals surface area contributed by atoms with E-state index >= 15 is 0 Å². The Morgan fingerprint density at radius 1 is 1.05 bits per heavy atom. The molecule has 0 saturated heterocycles. The topological polar surface area (TPSA) is 109 Å². The van der Waals surface area contributed by atoms with Crippen LogP contribution in [0.3, 0.4) is 0 Å². The first-order chi connectivity index (χ1) is 8.20. The van der Waals surface area contributed by atoms with Gasteiger partial charge in [0.2, 0.25) is 0 Å². The average Bonchev–Trinajstić information content (AvgIpc) is 2.24. The van der Waals surface area contributed by atoms with Gasteiger partial charge in [-0.3, -0.25) is 18.7 Å². The maximum absolute atomic E-state index is 11.5. The molecule has 1 aliphatic carbocycles. The van der Waals surface area contributed by atoms with Gasteiger partial charge in [0.1, 0.15) is 0 Å². The molecule has 0 unspecified atom stereocenters. The fraction of sp³-hybridized carbons (Fsp3) is 0.0909. The monoisotopic (exact) mass is 294 g/mol. The fourth-order valence-corrected chi connectivity index (χ4v) is 1.45. The molecule has 2 rings (SSSR count). The second kappa shape index (κ2) is 7.09. The summed E-state index contributed by atoms with van der Waals surface area (Å²) in [5.41, 5.74) is 1.55. The van der Waals surface area contributed by atoms with E-state index < -0.39 is 10.4 Å². The Balaban J connectivity index is 0. The van der Waals surface area contributed by atoms with Crippen molar-refractivity contribution in [1.29, 1.82) is 0 Å². The van der Waals surface area contributed by atoms with Crippen molar-refractivity contribution in [1.82, 2.24) is 0 Å². The molecule has 19 heavy (non-hydrogen) atoms. The fourth-order valence-electron chi connectivity index (χ4n) is 1.45. The van der Waals surface area contributed by atoms with Gasteiger partial charge in [-0.15, -0.1) is 0 Å². The van der Waals surface area contributed by atoms with Crippen LogP contribution in [0, 0.1) is 0 Å². The van der Waals surface area contributed by atoms with Gasteiger partial charge >= 0.3 is 40.0 Å². The number of carbonyl (C=O) groups excluding carboxylic acids is 2. The van der Waals surface area contributed by atoms with Crippen LogP contribution < -0.4 is 29.6 Å².